The van der Waals surface area contributed by atoms with Gasteiger partial charge in [0.2, 0.25) is 0 Å². The van der Waals surface area contributed by atoms with Crippen molar-refractivity contribution in [2.45, 2.75) is 11.8 Å². The van der Waals surface area contributed by atoms with E-state index in [0.29, 0.717) is 0 Å². The summed E-state index contributed by atoms with van der Waals surface area (Å²) < 4.78 is 0. The van der Waals surface area contributed by atoms with Crippen molar-refractivity contribution in [2.24, 2.45) is 4.99 Å². The smallest absolute Gasteiger partial charge is 0.142 e. The number of rotatable bonds is 2. The van der Waals surface area contributed by atoms with E-state index in [0.717, 1.165) is 22.1 Å². The molecule has 1 aliphatic rings. The van der Waals surface area contributed by atoms with Crippen LogP contribution < -0.4 is 0 Å². The van der Waals surface area contributed by atoms with E-state index in [1.54, 1.807) is 23.1 Å². The fourth-order valence-electron chi connectivity index (χ4n) is 1.68. The molecule has 0 aliphatic carbocycles. The first-order chi connectivity index (χ1) is 7.78. The Hall–Kier alpha value is -1.13. The van der Waals surface area contributed by atoms with Crippen LogP contribution in [0.15, 0.2) is 33.5 Å². The molecule has 16 heavy (non-hydrogen) atoms. The summed E-state index contributed by atoms with van der Waals surface area (Å²) in [5.74, 6) is 0. The number of thioether (sulfide) groups is 1. The zero-order chi connectivity index (χ0) is 11.1. The van der Waals surface area contributed by atoms with E-state index in [1.165, 1.54) is 10.5 Å². The van der Waals surface area contributed by atoms with Crippen molar-refractivity contribution in [3.63, 3.8) is 0 Å². The van der Waals surface area contributed by atoms with Crippen LogP contribution in [-0.2, 0) is 0 Å². The first-order valence-electron chi connectivity index (χ1n) is 4.97. The fourth-order valence-corrected chi connectivity index (χ4v) is 2.92. The molecule has 0 N–H and O–H groups in total. The molecule has 2 aromatic rings. The highest BCUT2D eigenvalue weighted by molar-refractivity contribution is 7.98. The lowest BCUT2D eigenvalue weighted by Crippen LogP contribution is -2.10. The third-order valence-electron chi connectivity index (χ3n) is 2.51. The van der Waals surface area contributed by atoms with Gasteiger partial charge in [0.25, 0.3) is 0 Å². The third-order valence-corrected chi connectivity index (χ3v) is 4.21. The fraction of sp³-hybridized carbons (Fsp3) is 0.167. The Morgan fingerprint density at radius 1 is 1.31 bits per heavy atom. The van der Waals surface area contributed by atoms with Crippen molar-refractivity contribution in [3.05, 3.63) is 39.8 Å². The number of fused-ring (bicyclic) bond motifs is 1. The van der Waals surface area contributed by atoms with Crippen LogP contribution in [-0.4, -0.2) is 17.0 Å². The molecule has 0 saturated carbocycles. The van der Waals surface area contributed by atoms with Crippen LogP contribution in [0.5, 0.6) is 0 Å². The normalized spacial score (nSPS) is 13.0. The predicted molar refractivity (Wildman–Crippen MR) is 70.4 cm³/mol. The van der Waals surface area contributed by atoms with E-state index >= 15 is 0 Å². The van der Waals surface area contributed by atoms with E-state index < -0.39 is 0 Å². The molecular formula is C12H10N2S2. The van der Waals surface area contributed by atoms with E-state index in [-0.39, 0.29) is 0 Å². The minimum absolute atomic E-state index is 1.03. The van der Waals surface area contributed by atoms with Crippen LogP contribution in [0.1, 0.15) is 16.3 Å². The molecule has 1 aliphatic heterocycles. The van der Waals surface area contributed by atoms with Gasteiger partial charge in [-0.3, -0.25) is 0 Å². The highest BCUT2D eigenvalue weighted by Crippen LogP contribution is 2.36. The van der Waals surface area contributed by atoms with Crippen LogP contribution in [0.4, 0.5) is 5.69 Å². The number of aryl methyl sites for hydroxylation is 1. The first kappa shape index (κ1) is 10.1. The van der Waals surface area contributed by atoms with Crippen molar-refractivity contribution < 1.29 is 0 Å². The van der Waals surface area contributed by atoms with E-state index in [1.807, 2.05) is 6.92 Å². The van der Waals surface area contributed by atoms with Gasteiger partial charge in [-0.15, -0.1) is 23.1 Å². The molecule has 0 atom stereocenters. The Morgan fingerprint density at radius 2 is 2.19 bits per heavy atom. The average molecular weight is 246 g/mol. The number of nitrogens with zero attached hydrogens (tertiary/aromatic N) is 2. The minimum Gasteiger partial charge on any atom is -0.244 e. The van der Waals surface area contributed by atoms with Gasteiger partial charge in [0.1, 0.15) is 10.7 Å². The summed E-state index contributed by atoms with van der Waals surface area (Å²) in [6, 6.07) is 6.41. The van der Waals surface area contributed by atoms with Crippen LogP contribution in [0.2, 0.25) is 0 Å². The molecule has 1 aromatic carbocycles. The molecule has 0 fully saturated rings. The predicted octanol–water partition coefficient (Wildman–Crippen LogP) is 3.66. The summed E-state index contributed by atoms with van der Waals surface area (Å²) >= 11 is 3.40. The maximum atomic E-state index is 4.53. The number of aromatic nitrogens is 1. The number of benzene rings is 1. The summed E-state index contributed by atoms with van der Waals surface area (Å²) in [6.07, 6.45) is 2.08. The van der Waals surface area contributed by atoms with Crippen molar-refractivity contribution in [3.8, 4) is 0 Å². The van der Waals surface area contributed by atoms with Crippen molar-refractivity contribution in [2.75, 3.05) is 6.26 Å². The Kier molecular flexibility index (Phi) is 2.33. The second kappa shape index (κ2) is 3.71. The molecule has 0 unspecified atom stereocenters. The monoisotopic (exact) mass is 246 g/mol. The Balaban J connectivity index is 1.98. The van der Waals surface area contributed by atoms with Crippen LogP contribution >= 0.6 is 23.1 Å². The van der Waals surface area contributed by atoms with E-state index in [9.17, 15) is 0 Å². The summed E-state index contributed by atoms with van der Waals surface area (Å²) in [7, 11) is 0. The van der Waals surface area contributed by atoms with Crippen LogP contribution in [0.25, 0.3) is 0 Å². The standard InChI is InChI=1S/C12H10N2S2/c1-7-6-16-12(13-7)11-9-4-3-8(15-2)5-10(9)14-11/h3-6H,1-2H3. The molecule has 0 bridgehead atoms. The number of aliphatic imine (C=N–C) groups is 1. The number of hydrogen-bond acceptors (Lipinski definition) is 4. The van der Waals surface area contributed by atoms with Crippen molar-refractivity contribution in [1.82, 2.24) is 4.98 Å². The van der Waals surface area contributed by atoms with Crippen LogP contribution in [0, 0.1) is 6.92 Å². The molecule has 3 rings (SSSR count). The maximum absolute atomic E-state index is 4.53. The maximum Gasteiger partial charge on any atom is 0.142 e. The SMILES string of the molecule is CSc1ccc2c(c1)N=C2c1nc(C)cs1. The zero-order valence-electron chi connectivity index (χ0n) is 9.02. The molecular weight excluding hydrogens is 236 g/mol. The van der Waals surface area contributed by atoms with E-state index in [4.69, 9.17) is 0 Å². The van der Waals surface area contributed by atoms with Gasteiger partial charge in [0.05, 0.1) is 5.69 Å². The van der Waals surface area contributed by atoms with Crippen LogP contribution in [0.3, 0.4) is 0 Å². The van der Waals surface area contributed by atoms with Gasteiger partial charge in [-0.2, -0.15) is 0 Å². The van der Waals surface area contributed by atoms with E-state index in [2.05, 4.69) is 39.8 Å². The molecule has 0 radical (unpaired) electrons. The summed E-state index contributed by atoms with van der Waals surface area (Å²) in [6.45, 7) is 2.01. The molecule has 0 amide bonds. The lowest BCUT2D eigenvalue weighted by atomic mass is 10.0. The largest absolute Gasteiger partial charge is 0.244 e. The highest BCUT2D eigenvalue weighted by Gasteiger charge is 2.22. The summed E-state index contributed by atoms with van der Waals surface area (Å²) in [4.78, 5) is 10.2. The zero-order valence-corrected chi connectivity index (χ0v) is 10.7. The van der Waals surface area contributed by atoms with Gasteiger partial charge in [0, 0.05) is 21.5 Å². The third kappa shape index (κ3) is 1.49. The van der Waals surface area contributed by atoms with Crippen molar-refractivity contribution >= 4 is 34.5 Å². The molecule has 4 heteroatoms. The highest BCUT2D eigenvalue weighted by atomic mass is 32.2. The van der Waals surface area contributed by atoms with Gasteiger partial charge in [-0.1, -0.05) is 0 Å². The lowest BCUT2D eigenvalue weighted by Gasteiger charge is -2.17. The Labute approximate surface area is 102 Å². The van der Waals surface area contributed by atoms with Gasteiger partial charge >= 0.3 is 0 Å². The van der Waals surface area contributed by atoms with Gasteiger partial charge < -0.3 is 0 Å². The quantitative estimate of drug-likeness (QED) is 0.645. The van der Waals surface area contributed by atoms with Gasteiger partial charge in [-0.05, 0) is 31.4 Å². The average Bonchev–Trinajstić information content (AvgIpc) is 2.66. The molecule has 0 saturated heterocycles. The van der Waals surface area contributed by atoms with Gasteiger partial charge in [-0.25, -0.2) is 9.98 Å². The molecule has 1 aromatic heterocycles. The lowest BCUT2D eigenvalue weighted by molar-refractivity contribution is 1.23. The minimum atomic E-state index is 1.03. The number of hydrogen-bond donors (Lipinski definition) is 0. The second-order valence-corrected chi connectivity index (χ2v) is 5.38. The summed E-state index contributed by atoms with van der Waals surface area (Å²) in [5.41, 5.74) is 4.43. The second-order valence-electron chi connectivity index (χ2n) is 3.64. The Bertz CT molecular complexity index is 584. The van der Waals surface area contributed by atoms with Crippen molar-refractivity contribution in [1.29, 1.82) is 0 Å². The first-order valence-corrected chi connectivity index (χ1v) is 7.08. The molecule has 80 valence electrons. The molecule has 2 nitrogen and oxygen atoms in total. The number of thiazole rings is 1. The van der Waals surface area contributed by atoms with Gasteiger partial charge in [0.15, 0.2) is 0 Å². The summed E-state index contributed by atoms with van der Waals surface area (Å²) in [5, 5.41) is 3.09. The Morgan fingerprint density at radius 3 is 2.81 bits per heavy atom. The molecule has 2 heterocycles. The topological polar surface area (TPSA) is 25.2 Å². The molecule has 0 spiro atoms.